The molecule has 1 unspecified atom stereocenters. The summed E-state index contributed by atoms with van der Waals surface area (Å²) in [4.78, 5) is 0. The molecule has 0 N–H and O–H groups in total. The summed E-state index contributed by atoms with van der Waals surface area (Å²) in [6.07, 6.45) is 12.2. The summed E-state index contributed by atoms with van der Waals surface area (Å²) < 4.78 is 11.2. The molecule has 2 heteroatoms. The van der Waals surface area contributed by atoms with E-state index >= 15 is 0 Å². The molecule has 2 fully saturated rings. The molecule has 2 nitrogen and oxygen atoms in total. The van der Waals surface area contributed by atoms with Gasteiger partial charge < -0.3 is 9.47 Å². The minimum absolute atomic E-state index is 0.0930. The Hall–Kier alpha value is -1.02. The highest BCUT2D eigenvalue weighted by Gasteiger charge is 2.38. The van der Waals surface area contributed by atoms with Gasteiger partial charge >= 0.3 is 0 Å². The predicted molar refractivity (Wildman–Crippen MR) is 99.8 cm³/mol. The molecule has 0 amide bonds. The highest BCUT2D eigenvalue weighted by Crippen LogP contribution is 2.38. The normalized spacial score (nSPS) is 29.4. The lowest BCUT2D eigenvalue weighted by Crippen LogP contribution is -2.13. The Balaban J connectivity index is 1.39. The van der Waals surface area contributed by atoms with Gasteiger partial charge in [0.1, 0.15) is 5.75 Å². The van der Waals surface area contributed by atoms with Crippen LogP contribution in [0, 0.1) is 5.92 Å². The van der Waals surface area contributed by atoms with Crippen LogP contribution in [-0.2, 0) is 4.74 Å². The van der Waals surface area contributed by atoms with Crippen LogP contribution in [0.5, 0.6) is 5.75 Å². The zero-order valence-corrected chi connectivity index (χ0v) is 15.6. The summed E-state index contributed by atoms with van der Waals surface area (Å²) in [5.41, 5.74) is 1.60. The van der Waals surface area contributed by atoms with Gasteiger partial charge in [-0.25, -0.2) is 0 Å². The van der Waals surface area contributed by atoms with Crippen LogP contribution >= 0.6 is 0 Å². The largest absolute Gasteiger partial charge is 0.493 e. The molecule has 1 atom stereocenters. The Labute approximate surface area is 147 Å². The van der Waals surface area contributed by atoms with Crippen LogP contribution < -0.4 is 4.74 Å². The Kier molecular flexibility index (Phi) is 6.21. The van der Waals surface area contributed by atoms with Gasteiger partial charge in [0.25, 0.3) is 0 Å². The van der Waals surface area contributed by atoms with Gasteiger partial charge in [0.15, 0.2) is 0 Å². The molecule has 0 spiro atoms. The average molecular weight is 331 g/mol. The van der Waals surface area contributed by atoms with Crippen LogP contribution in [0.1, 0.15) is 83.1 Å². The maximum atomic E-state index is 5.86. The first kappa shape index (κ1) is 17.8. The summed E-state index contributed by atoms with van der Waals surface area (Å²) in [6, 6.07) is 8.87. The minimum atomic E-state index is 0.0930. The molecule has 1 aliphatic heterocycles. The third-order valence-corrected chi connectivity index (χ3v) is 5.95. The number of hydrogen-bond donors (Lipinski definition) is 0. The van der Waals surface area contributed by atoms with E-state index in [1.807, 2.05) is 0 Å². The van der Waals surface area contributed by atoms with Crippen LogP contribution in [0.15, 0.2) is 24.3 Å². The molecule has 1 heterocycles. The highest BCUT2D eigenvalue weighted by molar-refractivity contribution is 5.29. The van der Waals surface area contributed by atoms with Crippen LogP contribution in [0.3, 0.4) is 0 Å². The van der Waals surface area contributed by atoms with Crippen LogP contribution in [0.25, 0.3) is 0 Å². The molecule has 1 saturated heterocycles. The van der Waals surface area contributed by atoms with E-state index in [-0.39, 0.29) is 5.60 Å². The number of ether oxygens (including phenoxy) is 2. The van der Waals surface area contributed by atoms with E-state index in [0.29, 0.717) is 0 Å². The Morgan fingerprint density at radius 3 is 2.42 bits per heavy atom. The Bertz CT molecular complexity index is 481. The average Bonchev–Trinajstić information content (AvgIpc) is 3.34. The van der Waals surface area contributed by atoms with Crippen molar-refractivity contribution in [3.8, 4) is 5.75 Å². The lowest BCUT2D eigenvalue weighted by atomic mass is 9.77. The fourth-order valence-electron chi connectivity index (χ4n) is 3.96. The van der Waals surface area contributed by atoms with Crippen molar-refractivity contribution >= 4 is 0 Å². The van der Waals surface area contributed by atoms with Gasteiger partial charge in [-0.05, 0) is 62.1 Å². The number of hydrogen-bond acceptors (Lipinski definition) is 2. The summed E-state index contributed by atoms with van der Waals surface area (Å²) in [5.74, 6) is 2.75. The lowest BCUT2D eigenvalue weighted by Gasteiger charge is -2.29. The zero-order chi connectivity index (χ0) is 16.8. The van der Waals surface area contributed by atoms with E-state index in [9.17, 15) is 0 Å². The first-order chi connectivity index (χ1) is 11.7. The van der Waals surface area contributed by atoms with Crippen molar-refractivity contribution in [1.82, 2.24) is 0 Å². The van der Waals surface area contributed by atoms with Gasteiger partial charge in [-0.1, -0.05) is 44.7 Å². The molecule has 1 saturated carbocycles. The van der Waals surface area contributed by atoms with Crippen molar-refractivity contribution in [2.45, 2.75) is 83.2 Å². The Morgan fingerprint density at radius 1 is 1.08 bits per heavy atom. The van der Waals surface area contributed by atoms with Crippen molar-refractivity contribution in [3.63, 3.8) is 0 Å². The first-order valence-corrected chi connectivity index (χ1v) is 10.1. The van der Waals surface area contributed by atoms with Crippen molar-refractivity contribution in [2.24, 2.45) is 5.92 Å². The van der Waals surface area contributed by atoms with E-state index in [4.69, 9.17) is 9.47 Å². The van der Waals surface area contributed by atoms with Crippen molar-refractivity contribution in [3.05, 3.63) is 29.8 Å². The van der Waals surface area contributed by atoms with Gasteiger partial charge in [-0.2, -0.15) is 0 Å². The maximum Gasteiger partial charge on any atom is 0.119 e. The molecule has 3 rings (SSSR count). The van der Waals surface area contributed by atoms with Gasteiger partial charge in [-0.3, -0.25) is 0 Å². The quantitative estimate of drug-likeness (QED) is 0.403. The molecule has 1 aliphatic carbocycles. The van der Waals surface area contributed by atoms with E-state index in [1.165, 1.54) is 56.9 Å². The van der Waals surface area contributed by atoms with E-state index in [1.54, 1.807) is 0 Å². The van der Waals surface area contributed by atoms with Crippen molar-refractivity contribution in [2.75, 3.05) is 13.2 Å². The van der Waals surface area contributed by atoms with E-state index in [2.05, 4.69) is 38.1 Å². The summed E-state index contributed by atoms with van der Waals surface area (Å²) in [6.45, 7) is 6.08. The van der Waals surface area contributed by atoms with Crippen LogP contribution in [0.2, 0.25) is 0 Å². The molecule has 0 aromatic heterocycles. The lowest BCUT2D eigenvalue weighted by molar-refractivity contribution is 0.238. The third-order valence-electron chi connectivity index (χ3n) is 5.95. The number of benzene rings is 1. The van der Waals surface area contributed by atoms with Crippen molar-refractivity contribution < 1.29 is 9.47 Å². The first-order valence-electron chi connectivity index (χ1n) is 10.1. The van der Waals surface area contributed by atoms with E-state index in [0.717, 1.165) is 37.2 Å². The van der Waals surface area contributed by atoms with Gasteiger partial charge in [-0.15, -0.1) is 0 Å². The molecular formula is C22H34O2. The topological polar surface area (TPSA) is 21.8 Å². The fraction of sp³-hybridized carbons (Fsp3) is 0.727. The van der Waals surface area contributed by atoms with Gasteiger partial charge in [0.05, 0.1) is 18.8 Å². The standard InChI is InChI=1S/C22H34O2/c1-3-4-5-6-18-7-9-19(10-8-18)20-11-13-21(14-12-20)23-16-15-22(2)17-24-22/h11-14,18-19H,3-10,15-17H2,1-2H3. The SMILES string of the molecule is CCCCCC1CCC(c2ccc(OCCC3(C)CO3)cc2)CC1. The summed E-state index contributed by atoms with van der Waals surface area (Å²) in [7, 11) is 0. The molecule has 0 radical (unpaired) electrons. The van der Waals surface area contributed by atoms with Gasteiger partial charge in [0.2, 0.25) is 0 Å². The number of rotatable bonds is 9. The van der Waals surface area contributed by atoms with E-state index < -0.39 is 0 Å². The summed E-state index contributed by atoms with van der Waals surface area (Å²) >= 11 is 0. The smallest absolute Gasteiger partial charge is 0.119 e. The Morgan fingerprint density at radius 2 is 1.79 bits per heavy atom. The second-order valence-electron chi connectivity index (χ2n) is 8.12. The number of unbranched alkanes of at least 4 members (excludes halogenated alkanes) is 2. The molecule has 24 heavy (non-hydrogen) atoms. The molecular weight excluding hydrogens is 296 g/mol. The molecule has 1 aromatic rings. The third kappa shape index (κ3) is 5.24. The fourth-order valence-corrected chi connectivity index (χ4v) is 3.96. The molecule has 1 aromatic carbocycles. The second-order valence-corrected chi connectivity index (χ2v) is 8.12. The monoisotopic (exact) mass is 330 g/mol. The summed E-state index contributed by atoms with van der Waals surface area (Å²) in [5, 5.41) is 0. The maximum absolute atomic E-state index is 5.86. The molecule has 2 aliphatic rings. The van der Waals surface area contributed by atoms with Crippen LogP contribution in [-0.4, -0.2) is 18.8 Å². The minimum Gasteiger partial charge on any atom is -0.493 e. The van der Waals surface area contributed by atoms with Crippen LogP contribution in [0.4, 0.5) is 0 Å². The highest BCUT2D eigenvalue weighted by atomic mass is 16.6. The number of epoxide rings is 1. The molecule has 134 valence electrons. The second kappa shape index (κ2) is 8.38. The molecule has 0 bridgehead atoms. The zero-order valence-electron chi connectivity index (χ0n) is 15.6. The van der Waals surface area contributed by atoms with Gasteiger partial charge in [0, 0.05) is 6.42 Å². The van der Waals surface area contributed by atoms with Crippen molar-refractivity contribution in [1.29, 1.82) is 0 Å². The predicted octanol–water partition coefficient (Wildman–Crippen LogP) is 6.10.